The summed E-state index contributed by atoms with van der Waals surface area (Å²) in [4.78, 5) is 59.0. The van der Waals surface area contributed by atoms with Crippen molar-refractivity contribution in [2.45, 2.75) is 102 Å². The number of fused-ring (bicyclic) bond motifs is 3. The van der Waals surface area contributed by atoms with Crippen LogP contribution in [0, 0.1) is 40.5 Å². The maximum absolute atomic E-state index is 12.7. The molecule has 0 aliphatic carbocycles. The Hall–Kier alpha value is -11.5. The van der Waals surface area contributed by atoms with E-state index in [9.17, 15) is 31.2 Å². The van der Waals surface area contributed by atoms with E-state index in [2.05, 4.69) is 150 Å². The molecule has 9 aromatic rings. The van der Waals surface area contributed by atoms with Crippen LogP contribution in [0.3, 0.4) is 0 Å². The van der Waals surface area contributed by atoms with Crippen LogP contribution in [0.1, 0.15) is 100 Å². The number of nitrogens with one attached hydrogen (secondary N) is 1. The van der Waals surface area contributed by atoms with Crippen LogP contribution < -0.4 is 25.2 Å². The number of rotatable bonds is 24. The molecule has 1 amide bonds. The largest absolute Gasteiger partial charge is 0.390 e. The van der Waals surface area contributed by atoms with Crippen molar-refractivity contribution in [1.29, 1.82) is 0 Å². The molecular formula is C69H79F3N26O4S. The first-order valence-electron chi connectivity index (χ1n) is 33.2. The first-order chi connectivity index (χ1) is 49.2. The second kappa shape index (κ2) is 32.0. The van der Waals surface area contributed by atoms with Gasteiger partial charge in [-0.15, -0.1) is 30.6 Å². The Labute approximate surface area is 593 Å². The van der Waals surface area contributed by atoms with Gasteiger partial charge in [-0.25, -0.2) is 38.3 Å². The van der Waals surface area contributed by atoms with Crippen molar-refractivity contribution in [3.05, 3.63) is 143 Å². The summed E-state index contributed by atoms with van der Waals surface area (Å²) in [7, 11) is -2.09. The van der Waals surface area contributed by atoms with Gasteiger partial charge in [-0.05, 0) is 170 Å². The lowest BCUT2D eigenvalue weighted by Gasteiger charge is -2.25. The van der Waals surface area contributed by atoms with Gasteiger partial charge in [0.25, 0.3) is 0 Å². The van der Waals surface area contributed by atoms with Gasteiger partial charge in [0.15, 0.2) is 0 Å². The van der Waals surface area contributed by atoms with E-state index in [-0.39, 0.29) is 36.2 Å². The van der Waals surface area contributed by atoms with E-state index < -0.39 is 34.4 Å². The molecule has 536 valence electrons. The molecule has 6 aromatic heterocycles. The lowest BCUT2D eigenvalue weighted by atomic mass is 10.1. The van der Waals surface area contributed by atoms with Gasteiger partial charge in [-0.2, -0.15) is 52.6 Å². The van der Waals surface area contributed by atoms with Crippen molar-refractivity contribution < 1.29 is 31.2 Å². The molecule has 0 spiro atoms. The van der Waals surface area contributed by atoms with Gasteiger partial charge < -0.3 is 20.0 Å². The highest BCUT2D eigenvalue weighted by Gasteiger charge is 2.35. The number of primary sulfonamides is 1. The van der Waals surface area contributed by atoms with Crippen LogP contribution in [0.4, 0.5) is 47.3 Å². The maximum atomic E-state index is 12.7. The number of halogens is 3. The van der Waals surface area contributed by atoms with Crippen molar-refractivity contribution in [2.75, 3.05) is 66.3 Å². The second-order valence-corrected chi connectivity index (χ2v) is 26.3. The molecule has 0 bridgehead atoms. The highest BCUT2D eigenvalue weighted by Crippen LogP contribution is 2.34. The Bertz CT molecular complexity index is 4960. The number of carbonyl (C=O) groups is 1. The van der Waals surface area contributed by atoms with Crippen LogP contribution in [0.5, 0.6) is 0 Å². The van der Waals surface area contributed by atoms with Crippen LogP contribution in [0.15, 0.2) is 133 Å². The Balaban J connectivity index is 0.000000166. The van der Waals surface area contributed by atoms with E-state index in [4.69, 9.17) is 15.1 Å². The first kappa shape index (κ1) is 74.2. The molecule has 0 radical (unpaired) electrons. The molecule has 34 heteroatoms. The number of nitrogens with two attached hydrogens (primary N) is 1. The molecule has 3 aliphatic rings. The summed E-state index contributed by atoms with van der Waals surface area (Å²) < 4.78 is 68.2. The van der Waals surface area contributed by atoms with E-state index in [1.165, 1.54) is 29.0 Å². The number of benzene rings is 3. The smallest absolute Gasteiger partial charge is 0.372 e. The highest BCUT2D eigenvalue weighted by molar-refractivity contribution is 7.90. The van der Waals surface area contributed by atoms with Crippen molar-refractivity contribution in [1.82, 2.24) is 74.7 Å². The van der Waals surface area contributed by atoms with Gasteiger partial charge in [0, 0.05) is 87.7 Å². The molecule has 0 saturated carbocycles. The SMILES string of the molecule is CCN(CC(C)C)c1ccc(N=C2C(CNC=O)=Nn3c2nnc3-c2cc(C)ccn2)c(C)c1.CCN(CC)c1ccc(N=C2C(C(C)N=C=O)=Nn3c2nnc3-c2cc(C)n(C)n2)c(C)c1.CCN(CCC(F)(F)F)c1ccc(N=C2C(CS(N)(=O)=O)=Nn3c2nnc3-c2cnccn2)c(C)c1. The number of aromatic nitrogens is 14. The van der Waals surface area contributed by atoms with Gasteiger partial charge in [-0.3, -0.25) is 19.4 Å². The first-order valence-corrected chi connectivity index (χ1v) is 34.9. The maximum Gasteiger partial charge on any atom is 0.390 e. The molecule has 1 atom stereocenters. The average Bonchev–Trinajstić information content (AvgIpc) is 1.60. The van der Waals surface area contributed by atoms with E-state index in [1.54, 1.807) is 70.2 Å². The molecule has 30 nitrogen and oxygen atoms in total. The zero-order valence-electron chi connectivity index (χ0n) is 59.3. The van der Waals surface area contributed by atoms with Gasteiger partial charge in [-0.1, -0.05) is 13.8 Å². The third-order valence-electron chi connectivity index (χ3n) is 16.7. The zero-order valence-corrected chi connectivity index (χ0v) is 60.1. The van der Waals surface area contributed by atoms with Crippen molar-refractivity contribution >= 4 is 90.9 Å². The molecule has 9 heterocycles. The van der Waals surface area contributed by atoms with Gasteiger partial charge in [0.2, 0.25) is 57.5 Å². The summed E-state index contributed by atoms with van der Waals surface area (Å²) in [5.41, 5.74) is 14.0. The zero-order chi connectivity index (χ0) is 74.0. The summed E-state index contributed by atoms with van der Waals surface area (Å²) in [6.07, 6.45) is 3.24. The Kier molecular flexibility index (Phi) is 23.0. The fourth-order valence-electron chi connectivity index (χ4n) is 11.4. The van der Waals surface area contributed by atoms with Crippen LogP contribution in [0.2, 0.25) is 0 Å². The number of hydrogen-bond donors (Lipinski definition) is 2. The molecule has 3 aliphatic heterocycles. The lowest BCUT2D eigenvalue weighted by molar-refractivity contribution is -0.132. The standard InChI is InChI=1S/C25H30N8O.C23H27N9O.C21H22F3N9O2S/c1-6-32(14-16(2)3)19-7-8-20(18(5)12-19)28-23-22(13-26-15-34)31-33-24(29-30-25(23)33)21-11-17(4)9-10-27-21;1-7-31(8-2)17-9-10-18(14(3)11-17)25-21-20(16(5)24-13-33)29-32-22(26-27-23(21)32)19-12-15(4)30(6)28-19;1-3-32(9-6-21(22,23)24)14-4-5-15(13(2)10-14)28-18-17(12-36(25,34)35)31-33-19(29-30-20(18)33)16-11-26-7-8-27-16/h7-12,15-16H,6,13-14H2,1-5H3,(H,26,34);9-12,16H,7-8H2,1-6H3;4-5,7-8,10-11H,3,6,9,12H2,1-2H3,(H2,25,34,35). The number of anilines is 3. The van der Waals surface area contributed by atoms with E-state index in [0.717, 1.165) is 65.6 Å². The number of aryl methyl sites for hydroxylation is 6. The van der Waals surface area contributed by atoms with Gasteiger partial charge >= 0.3 is 6.18 Å². The summed E-state index contributed by atoms with van der Waals surface area (Å²) in [5, 5.41) is 51.7. The number of sulfonamides is 1. The molecule has 103 heavy (non-hydrogen) atoms. The fourth-order valence-corrected chi connectivity index (χ4v) is 12.0. The molecule has 3 N–H and O–H groups in total. The van der Waals surface area contributed by atoms with Crippen molar-refractivity contribution in [3.8, 4) is 34.6 Å². The Morgan fingerprint density at radius 1 is 0.612 bits per heavy atom. The summed E-state index contributed by atoms with van der Waals surface area (Å²) in [6.45, 7) is 28.5. The molecular weight excluding hydrogens is 1350 g/mol. The van der Waals surface area contributed by atoms with Crippen molar-refractivity contribution in [3.63, 3.8) is 0 Å². The normalized spacial score (nSPS) is 14.4. The molecule has 0 fully saturated rings. The minimum absolute atomic E-state index is 0.0661. The third-order valence-corrected chi connectivity index (χ3v) is 17.4. The molecule has 0 saturated heterocycles. The number of isocyanates is 1. The number of pyridine rings is 1. The molecule has 3 aromatic carbocycles. The number of alkyl halides is 3. The van der Waals surface area contributed by atoms with Crippen LogP contribution >= 0.6 is 0 Å². The minimum atomic E-state index is -4.25. The molecule has 1 unspecified atom stereocenters. The number of nitrogens with zero attached hydrogens (tertiary/aromatic N) is 24. The van der Waals surface area contributed by atoms with E-state index in [0.29, 0.717) is 99.0 Å². The van der Waals surface area contributed by atoms with Crippen LogP contribution in [-0.4, -0.2) is 188 Å². The summed E-state index contributed by atoms with van der Waals surface area (Å²) in [5.74, 6) is 2.48. The van der Waals surface area contributed by atoms with Gasteiger partial charge in [0.05, 0.1) is 36.2 Å². The summed E-state index contributed by atoms with van der Waals surface area (Å²) >= 11 is 0. The van der Waals surface area contributed by atoms with Crippen molar-refractivity contribution in [2.24, 2.45) is 53.4 Å². The van der Waals surface area contributed by atoms with E-state index in [1.807, 2.05) is 65.1 Å². The third kappa shape index (κ3) is 17.3. The predicted molar refractivity (Wildman–Crippen MR) is 391 cm³/mol. The quantitative estimate of drug-likeness (QED) is 0.0323. The average molecular weight is 1430 g/mol. The number of carbonyl (C=O) groups excluding carboxylic acids is 2. The van der Waals surface area contributed by atoms with Crippen LogP contribution in [0.25, 0.3) is 34.6 Å². The minimum Gasteiger partial charge on any atom is -0.372 e. The number of hydrogen-bond acceptors (Lipinski definition) is 24. The lowest BCUT2D eigenvalue weighted by Crippen LogP contribution is -2.28. The monoisotopic (exact) mass is 1420 g/mol. The second-order valence-electron chi connectivity index (χ2n) is 24.7. The fraction of sp³-hybridized carbons (Fsp3) is 0.362. The highest BCUT2D eigenvalue weighted by atomic mass is 32.2. The topological polar surface area (TPSA) is 351 Å². The number of amides is 1. The summed E-state index contributed by atoms with van der Waals surface area (Å²) in [6, 6.07) is 22.7. The predicted octanol–water partition coefficient (Wildman–Crippen LogP) is 9.18. The molecule has 12 rings (SSSR count). The van der Waals surface area contributed by atoms with E-state index >= 15 is 0 Å². The Morgan fingerprint density at radius 2 is 1.11 bits per heavy atom. The van der Waals surface area contributed by atoms with Gasteiger partial charge in [0.1, 0.15) is 63.1 Å². The van der Waals surface area contributed by atoms with Crippen LogP contribution in [-0.2, 0) is 26.7 Å². The Morgan fingerprint density at radius 3 is 1.59 bits per heavy atom. The number of aliphatic imine (C=N–C) groups is 4.